The third-order valence-corrected chi connectivity index (χ3v) is 8.89. The lowest BCUT2D eigenvalue weighted by Gasteiger charge is -2.17. The summed E-state index contributed by atoms with van der Waals surface area (Å²) in [4.78, 5) is 41.0. The van der Waals surface area contributed by atoms with Gasteiger partial charge in [-0.1, -0.05) is 30.3 Å². The van der Waals surface area contributed by atoms with Gasteiger partial charge in [0.2, 0.25) is 5.95 Å². The Balaban J connectivity index is 1.20. The maximum Gasteiger partial charge on any atom is 0.326 e. The largest absolute Gasteiger partial charge is 0.480 e. The second-order valence-electron chi connectivity index (χ2n) is 10.6. The molecular formula is C34H23F3N6O5S. The number of nitrogens with one attached hydrogen (secondary N) is 2. The highest BCUT2D eigenvalue weighted by atomic mass is 32.2. The van der Waals surface area contributed by atoms with E-state index in [2.05, 4.69) is 30.0 Å². The molecule has 6 rings (SSSR count). The summed E-state index contributed by atoms with van der Waals surface area (Å²) in [5.41, 5.74) is 1.58. The van der Waals surface area contributed by atoms with Crippen LogP contribution in [0.2, 0.25) is 0 Å². The number of sulfonamides is 1. The number of hydrogen-bond acceptors (Lipinski definition) is 8. The molecule has 0 saturated carbocycles. The van der Waals surface area contributed by atoms with E-state index in [9.17, 15) is 27.5 Å². The molecule has 3 heterocycles. The second-order valence-corrected chi connectivity index (χ2v) is 12.3. The average Bonchev–Trinajstić information content (AvgIpc) is 3.08. The summed E-state index contributed by atoms with van der Waals surface area (Å²) >= 11 is 0. The van der Waals surface area contributed by atoms with Crippen LogP contribution >= 0.6 is 0 Å². The first-order chi connectivity index (χ1) is 23.5. The second kappa shape index (κ2) is 13.5. The SMILES string of the molecule is O=C(NC(Cc1ccc(-c2ccncn2)c2ncccc12)C(=O)O)c1c(F)cc(NS(=O)(=O)c2ccc(-c3ccnc(F)c3)cc2)cc1F. The fraction of sp³-hybridized carbons (Fsp3) is 0.0588. The van der Waals surface area contributed by atoms with Gasteiger partial charge in [0.05, 0.1) is 21.8 Å². The molecule has 0 bridgehead atoms. The van der Waals surface area contributed by atoms with Crippen LogP contribution in [0, 0.1) is 17.6 Å². The highest BCUT2D eigenvalue weighted by Gasteiger charge is 2.27. The van der Waals surface area contributed by atoms with Gasteiger partial charge in [0, 0.05) is 42.0 Å². The molecule has 0 spiro atoms. The lowest BCUT2D eigenvalue weighted by atomic mass is 9.97. The van der Waals surface area contributed by atoms with E-state index in [0.29, 0.717) is 51.0 Å². The highest BCUT2D eigenvalue weighted by Crippen LogP contribution is 2.29. The Bertz CT molecular complexity index is 2310. The minimum absolute atomic E-state index is 0.259. The van der Waals surface area contributed by atoms with Crippen molar-refractivity contribution in [1.82, 2.24) is 25.3 Å². The molecule has 1 amide bonds. The molecule has 3 aromatic heterocycles. The Hall–Kier alpha value is -6.22. The van der Waals surface area contributed by atoms with E-state index in [1.807, 2.05) is 0 Å². The molecule has 0 aliphatic heterocycles. The van der Waals surface area contributed by atoms with Crippen molar-refractivity contribution in [2.24, 2.45) is 0 Å². The molecular weight excluding hydrogens is 661 g/mol. The number of carbonyl (C=O) groups excluding carboxylic acids is 1. The van der Waals surface area contributed by atoms with Crippen LogP contribution in [0.4, 0.5) is 18.9 Å². The van der Waals surface area contributed by atoms with Crippen LogP contribution in [0.5, 0.6) is 0 Å². The van der Waals surface area contributed by atoms with Crippen molar-refractivity contribution in [3.8, 4) is 22.4 Å². The minimum Gasteiger partial charge on any atom is -0.480 e. The Morgan fingerprint density at radius 1 is 0.816 bits per heavy atom. The third kappa shape index (κ3) is 7.06. The van der Waals surface area contributed by atoms with Crippen molar-refractivity contribution in [2.75, 3.05) is 4.72 Å². The molecule has 1 atom stereocenters. The maximum atomic E-state index is 15.2. The van der Waals surface area contributed by atoms with Gasteiger partial charge in [-0.15, -0.1) is 0 Å². The van der Waals surface area contributed by atoms with E-state index in [0.717, 1.165) is 0 Å². The molecule has 0 aliphatic carbocycles. The number of nitrogens with zero attached hydrogens (tertiary/aromatic N) is 4. The third-order valence-electron chi connectivity index (χ3n) is 7.49. The zero-order chi connectivity index (χ0) is 34.7. The number of aliphatic carboxylic acids is 1. The number of hydrogen-bond donors (Lipinski definition) is 3. The molecule has 0 radical (unpaired) electrons. The van der Waals surface area contributed by atoms with E-state index < -0.39 is 56.8 Å². The molecule has 1 unspecified atom stereocenters. The van der Waals surface area contributed by atoms with Crippen molar-refractivity contribution in [2.45, 2.75) is 17.4 Å². The summed E-state index contributed by atoms with van der Waals surface area (Å²) in [5, 5.41) is 12.7. The summed E-state index contributed by atoms with van der Waals surface area (Å²) in [7, 11) is -4.35. The Morgan fingerprint density at radius 2 is 1.57 bits per heavy atom. The number of halogens is 3. The average molecular weight is 685 g/mol. The van der Waals surface area contributed by atoms with E-state index >= 15 is 8.78 Å². The fourth-order valence-electron chi connectivity index (χ4n) is 5.19. The maximum absolute atomic E-state index is 15.2. The van der Waals surface area contributed by atoms with E-state index in [1.54, 1.807) is 42.7 Å². The number of carbonyl (C=O) groups is 2. The normalized spacial score (nSPS) is 12.0. The lowest BCUT2D eigenvalue weighted by molar-refractivity contribution is -0.139. The summed E-state index contributed by atoms with van der Waals surface area (Å²) in [6.07, 6.45) is 5.50. The number of rotatable bonds is 10. The standard InChI is InChI=1S/C34H23F3N6O5S/c35-26-16-22(43-49(47,48)23-6-3-19(4-7-23)20-9-13-39-30(37)15-20)17-27(36)31(26)33(44)42-29(34(45)46)14-21-5-8-25(28-10-12-38-18-41-28)32-24(21)2-1-11-40-32/h1-13,15-18,29,43H,14H2,(H,42,44)(H,45,46). The van der Waals surface area contributed by atoms with Crippen LogP contribution < -0.4 is 10.0 Å². The predicted octanol–water partition coefficient (Wildman–Crippen LogP) is 5.40. The molecule has 0 fully saturated rings. The summed E-state index contributed by atoms with van der Waals surface area (Å²) in [5.74, 6) is -6.40. The van der Waals surface area contributed by atoms with Gasteiger partial charge in [-0.25, -0.2) is 36.9 Å². The molecule has 15 heteroatoms. The summed E-state index contributed by atoms with van der Waals surface area (Å²) in [6.45, 7) is 0. The van der Waals surface area contributed by atoms with Crippen LogP contribution in [-0.2, 0) is 21.2 Å². The molecule has 0 saturated heterocycles. The first kappa shape index (κ1) is 32.7. The lowest BCUT2D eigenvalue weighted by Crippen LogP contribution is -2.43. The molecule has 246 valence electrons. The number of carboxylic acids is 1. The number of benzene rings is 3. The zero-order valence-corrected chi connectivity index (χ0v) is 25.8. The summed E-state index contributed by atoms with van der Waals surface area (Å²) in [6, 6.07) is 16.0. The predicted molar refractivity (Wildman–Crippen MR) is 172 cm³/mol. The minimum atomic E-state index is -4.35. The Morgan fingerprint density at radius 3 is 2.24 bits per heavy atom. The van der Waals surface area contributed by atoms with E-state index in [4.69, 9.17) is 0 Å². The van der Waals surface area contributed by atoms with Crippen molar-refractivity contribution in [3.05, 3.63) is 132 Å². The highest BCUT2D eigenvalue weighted by molar-refractivity contribution is 7.92. The van der Waals surface area contributed by atoms with Gasteiger partial charge < -0.3 is 10.4 Å². The number of aromatic nitrogens is 4. The monoisotopic (exact) mass is 684 g/mol. The number of amides is 1. The number of pyridine rings is 2. The van der Waals surface area contributed by atoms with Gasteiger partial charge >= 0.3 is 5.97 Å². The van der Waals surface area contributed by atoms with Crippen molar-refractivity contribution in [3.63, 3.8) is 0 Å². The Labute approximate surface area is 276 Å². The van der Waals surface area contributed by atoms with E-state index in [1.165, 1.54) is 48.9 Å². The molecule has 3 aromatic carbocycles. The molecule has 49 heavy (non-hydrogen) atoms. The van der Waals surface area contributed by atoms with Crippen LogP contribution in [0.25, 0.3) is 33.3 Å². The zero-order valence-electron chi connectivity index (χ0n) is 25.0. The van der Waals surface area contributed by atoms with Gasteiger partial charge in [-0.2, -0.15) is 4.39 Å². The van der Waals surface area contributed by atoms with Gasteiger partial charge in [-0.3, -0.25) is 14.5 Å². The topological polar surface area (TPSA) is 164 Å². The molecule has 11 nitrogen and oxygen atoms in total. The first-order valence-corrected chi connectivity index (χ1v) is 15.9. The molecule has 6 aromatic rings. The molecule has 3 N–H and O–H groups in total. The van der Waals surface area contributed by atoms with Gasteiger partial charge in [0.1, 0.15) is 29.6 Å². The van der Waals surface area contributed by atoms with Crippen LogP contribution in [0.15, 0.2) is 109 Å². The number of anilines is 1. The fourth-order valence-corrected chi connectivity index (χ4v) is 6.23. The van der Waals surface area contributed by atoms with Gasteiger partial charge in [0.15, 0.2) is 0 Å². The number of fused-ring (bicyclic) bond motifs is 1. The van der Waals surface area contributed by atoms with Crippen LogP contribution in [0.1, 0.15) is 15.9 Å². The van der Waals surface area contributed by atoms with Crippen molar-refractivity contribution >= 4 is 38.5 Å². The Kier molecular flexibility index (Phi) is 9.00. The van der Waals surface area contributed by atoms with Crippen molar-refractivity contribution < 1.29 is 36.3 Å². The van der Waals surface area contributed by atoms with Crippen LogP contribution in [-0.4, -0.2) is 51.4 Å². The van der Waals surface area contributed by atoms with Gasteiger partial charge in [0.25, 0.3) is 15.9 Å². The van der Waals surface area contributed by atoms with Crippen LogP contribution in [0.3, 0.4) is 0 Å². The van der Waals surface area contributed by atoms with Crippen molar-refractivity contribution in [1.29, 1.82) is 0 Å². The van der Waals surface area contributed by atoms with E-state index in [-0.39, 0.29) is 11.3 Å². The van der Waals surface area contributed by atoms with Gasteiger partial charge in [-0.05, 0) is 59.2 Å². The quantitative estimate of drug-likeness (QED) is 0.160. The number of carboxylic acid groups (broad SMARTS) is 1. The molecule has 0 aliphatic rings. The smallest absolute Gasteiger partial charge is 0.326 e. The first-order valence-electron chi connectivity index (χ1n) is 14.4. The summed E-state index contributed by atoms with van der Waals surface area (Å²) < 4.78 is 71.8.